The second-order valence-corrected chi connectivity index (χ2v) is 9.47. The number of ether oxygens (including phenoxy) is 1. The fraction of sp³-hybridized carbons (Fsp3) is 0.0370. The van der Waals surface area contributed by atoms with E-state index < -0.39 is 9.84 Å². The second-order valence-electron chi connectivity index (χ2n) is 7.52. The van der Waals surface area contributed by atoms with Crippen molar-refractivity contribution in [3.63, 3.8) is 0 Å². The number of aromatic nitrogens is 2. The van der Waals surface area contributed by atoms with Crippen LogP contribution in [0, 0.1) is 0 Å². The van der Waals surface area contributed by atoms with Gasteiger partial charge < -0.3 is 4.74 Å². The first kappa shape index (κ1) is 20.8. The molecule has 4 aromatic carbocycles. The standard InChI is InChI=1S/C27H20N2O3S/c30-33(31,23-6-2-1-3-7-23)24-16-10-20(11-17-24)19-32-22-14-12-21(13-15-22)27-18-28-25-8-4-5-9-26(25)29-27/h1-18H,19H2. The fourth-order valence-electron chi connectivity index (χ4n) is 3.49. The van der Waals surface area contributed by atoms with Crippen molar-refractivity contribution in [3.05, 3.63) is 115 Å². The first-order valence-electron chi connectivity index (χ1n) is 10.4. The molecule has 0 N–H and O–H groups in total. The summed E-state index contributed by atoms with van der Waals surface area (Å²) in [5, 5.41) is 0. The topological polar surface area (TPSA) is 69.2 Å². The molecule has 0 amide bonds. The van der Waals surface area contributed by atoms with E-state index in [4.69, 9.17) is 4.74 Å². The van der Waals surface area contributed by atoms with E-state index in [0.29, 0.717) is 12.4 Å². The summed E-state index contributed by atoms with van der Waals surface area (Å²) in [5.74, 6) is 0.716. The Balaban J connectivity index is 1.26. The van der Waals surface area contributed by atoms with Crippen molar-refractivity contribution in [1.29, 1.82) is 0 Å². The lowest BCUT2D eigenvalue weighted by Gasteiger charge is -2.09. The van der Waals surface area contributed by atoms with E-state index in [1.165, 1.54) is 0 Å². The summed E-state index contributed by atoms with van der Waals surface area (Å²) in [6, 6.07) is 30.6. The SMILES string of the molecule is O=S(=O)(c1ccccc1)c1ccc(COc2ccc(-c3cnc4ccccc4n3)cc2)cc1. The van der Waals surface area contributed by atoms with Gasteiger partial charge in [-0.1, -0.05) is 42.5 Å². The van der Waals surface area contributed by atoms with Gasteiger partial charge in [0.05, 0.1) is 32.7 Å². The normalized spacial score (nSPS) is 11.4. The Labute approximate surface area is 192 Å². The quantitative estimate of drug-likeness (QED) is 0.330. The molecule has 5 rings (SSSR count). The third-order valence-electron chi connectivity index (χ3n) is 5.29. The Morgan fingerprint density at radius 1 is 0.667 bits per heavy atom. The minimum absolute atomic E-state index is 0.262. The van der Waals surface area contributed by atoms with Crippen LogP contribution < -0.4 is 4.74 Å². The molecule has 6 heteroatoms. The lowest BCUT2D eigenvalue weighted by atomic mass is 10.1. The molecule has 5 nitrogen and oxygen atoms in total. The lowest BCUT2D eigenvalue weighted by Crippen LogP contribution is -2.02. The third kappa shape index (κ3) is 4.47. The number of fused-ring (bicyclic) bond motifs is 1. The zero-order valence-corrected chi connectivity index (χ0v) is 18.4. The highest BCUT2D eigenvalue weighted by Crippen LogP contribution is 2.24. The number of rotatable bonds is 6. The predicted octanol–water partition coefficient (Wildman–Crippen LogP) is 5.71. The Morgan fingerprint density at radius 3 is 2.03 bits per heavy atom. The zero-order valence-electron chi connectivity index (χ0n) is 17.6. The Morgan fingerprint density at radius 2 is 1.30 bits per heavy atom. The number of nitrogens with zero attached hydrogens (tertiary/aromatic N) is 2. The number of hydrogen-bond acceptors (Lipinski definition) is 5. The molecule has 0 saturated heterocycles. The van der Waals surface area contributed by atoms with E-state index in [2.05, 4.69) is 9.97 Å². The van der Waals surface area contributed by atoms with Crippen molar-refractivity contribution >= 4 is 20.9 Å². The maximum absolute atomic E-state index is 12.7. The molecule has 0 radical (unpaired) electrons. The molecule has 0 saturated carbocycles. The van der Waals surface area contributed by atoms with Gasteiger partial charge >= 0.3 is 0 Å². The van der Waals surface area contributed by atoms with E-state index in [1.54, 1.807) is 60.8 Å². The van der Waals surface area contributed by atoms with Gasteiger partial charge in [0.25, 0.3) is 0 Å². The fourth-order valence-corrected chi connectivity index (χ4v) is 4.77. The molecule has 0 aliphatic rings. The van der Waals surface area contributed by atoms with Crippen LogP contribution in [0.2, 0.25) is 0 Å². The molecule has 0 aliphatic heterocycles. The van der Waals surface area contributed by atoms with E-state index in [0.717, 1.165) is 27.9 Å². The van der Waals surface area contributed by atoms with E-state index in [1.807, 2.05) is 48.5 Å². The minimum Gasteiger partial charge on any atom is -0.489 e. The predicted molar refractivity (Wildman–Crippen MR) is 128 cm³/mol. The number of sulfone groups is 1. The highest BCUT2D eigenvalue weighted by atomic mass is 32.2. The van der Waals surface area contributed by atoms with Crippen LogP contribution in [0.3, 0.4) is 0 Å². The molecule has 5 aromatic rings. The molecule has 1 heterocycles. The molecule has 0 unspecified atom stereocenters. The largest absolute Gasteiger partial charge is 0.489 e. The summed E-state index contributed by atoms with van der Waals surface area (Å²) in [7, 11) is -3.52. The van der Waals surface area contributed by atoms with Crippen LogP contribution >= 0.6 is 0 Å². The van der Waals surface area contributed by atoms with E-state index in [-0.39, 0.29) is 9.79 Å². The zero-order chi connectivity index (χ0) is 22.7. The van der Waals surface area contributed by atoms with Crippen molar-refractivity contribution in [1.82, 2.24) is 9.97 Å². The maximum atomic E-state index is 12.7. The van der Waals surface area contributed by atoms with Crippen molar-refractivity contribution in [2.24, 2.45) is 0 Å². The average Bonchev–Trinajstić information content (AvgIpc) is 2.88. The first-order valence-corrected chi connectivity index (χ1v) is 11.9. The van der Waals surface area contributed by atoms with Crippen molar-refractivity contribution in [2.45, 2.75) is 16.4 Å². The van der Waals surface area contributed by atoms with Crippen LogP contribution in [0.25, 0.3) is 22.3 Å². The van der Waals surface area contributed by atoms with Gasteiger partial charge in [-0.15, -0.1) is 0 Å². The second kappa shape index (κ2) is 8.84. The summed E-state index contributed by atoms with van der Waals surface area (Å²) >= 11 is 0. The van der Waals surface area contributed by atoms with Gasteiger partial charge in [-0.25, -0.2) is 13.4 Å². The van der Waals surface area contributed by atoms with Crippen molar-refractivity contribution in [2.75, 3.05) is 0 Å². The highest BCUT2D eigenvalue weighted by Gasteiger charge is 2.16. The Hall–Kier alpha value is -4.03. The van der Waals surface area contributed by atoms with Gasteiger partial charge in [-0.05, 0) is 66.2 Å². The molecule has 0 atom stereocenters. The van der Waals surface area contributed by atoms with Gasteiger partial charge in [0.15, 0.2) is 0 Å². The monoisotopic (exact) mass is 452 g/mol. The molecular weight excluding hydrogens is 432 g/mol. The summed E-state index contributed by atoms with van der Waals surface area (Å²) in [4.78, 5) is 9.67. The number of hydrogen-bond donors (Lipinski definition) is 0. The number of para-hydroxylation sites is 2. The summed E-state index contributed by atoms with van der Waals surface area (Å²) in [5.41, 5.74) is 4.36. The van der Waals surface area contributed by atoms with Crippen molar-refractivity contribution in [3.8, 4) is 17.0 Å². The van der Waals surface area contributed by atoms with Crippen LogP contribution in [0.5, 0.6) is 5.75 Å². The summed E-state index contributed by atoms with van der Waals surface area (Å²) in [6.07, 6.45) is 1.77. The van der Waals surface area contributed by atoms with E-state index in [9.17, 15) is 8.42 Å². The van der Waals surface area contributed by atoms with Crippen LogP contribution in [0.1, 0.15) is 5.56 Å². The average molecular weight is 453 g/mol. The van der Waals surface area contributed by atoms with Gasteiger partial charge in [0.2, 0.25) is 9.84 Å². The lowest BCUT2D eigenvalue weighted by molar-refractivity contribution is 0.306. The molecule has 0 fully saturated rings. The van der Waals surface area contributed by atoms with Gasteiger partial charge in [0, 0.05) is 5.56 Å². The highest BCUT2D eigenvalue weighted by molar-refractivity contribution is 7.91. The van der Waals surface area contributed by atoms with Crippen molar-refractivity contribution < 1.29 is 13.2 Å². The molecular formula is C27H20N2O3S. The van der Waals surface area contributed by atoms with Crippen LogP contribution in [0.15, 0.2) is 119 Å². The maximum Gasteiger partial charge on any atom is 0.206 e. The van der Waals surface area contributed by atoms with E-state index >= 15 is 0 Å². The first-order chi connectivity index (χ1) is 16.1. The van der Waals surface area contributed by atoms with Crippen LogP contribution in [-0.4, -0.2) is 18.4 Å². The Kier molecular flexibility index (Phi) is 5.59. The molecule has 0 aliphatic carbocycles. The van der Waals surface area contributed by atoms with Gasteiger partial charge in [-0.3, -0.25) is 4.98 Å². The molecule has 162 valence electrons. The molecule has 33 heavy (non-hydrogen) atoms. The van der Waals surface area contributed by atoms with Gasteiger partial charge in [-0.2, -0.15) is 0 Å². The summed E-state index contributed by atoms with van der Waals surface area (Å²) < 4.78 is 31.3. The van der Waals surface area contributed by atoms with Crippen LogP contribution in [0.4, 0.5) is 0 Å². The third-order valence-corrected chi connectivity index (χ3v) is 7.08. The minimum atomic E-state index is -3.52. The molecule has 0 bridgehead atoms. The van der Waals surface area contributed by atoms with Gasteiger partial charge in [0.1, 0.15) is 12.4 Å². The van der Waals surface area contributed by atoms with Crippen LogP contribution in [-0.2, 0) is 16.4 Å². The number of benzene rings is 4. The Bertz CT molecular complexity index is 1500. The molecule has 0 spiro atoms. The smallest absolute Gasteiger partial charge is 0.206 e. The summed E-state index contributed by atoms with van der Waals surface area (Å²) in [6.45, 7) is 0.334. The molecule has 1 aromatic heterocycles.